The van der Waals surface area contributed by atoms with E-state index >= 15 is 0 Å². The summed E-state index contributed by atoms with van der Waals surface area (Å²) in [7, 11) is 3.26. The van der Waals surface area contributed by atoms with Gasteiger partial charge in [-0.15, -0.1) is 0 Å². The number of rotatable bonds is 7. The molecule has 0 aromatic heterocycles. The lowest BCUT2D eigenvalue weighted by Gasteiger charge is -2.12. The molecule has 126 valence electrons. The number of aliphatic imine (C=N–C) groups is 1. The van der Waals surface area contributed by atoms with Crippen LogP contribution in [0.25, 0.3) is 6.08 Å². The number of nitrogens with two attached hydrogens (primary N) is 2. The zero-order valence-corrected chi connectivity index (χ0v) is 14.0. The minimum atomic E-state index is 0.434. The average Bonchev–Trinajstić information content (AvgIpc) is 2.64. The topological polar surface area (TPSA) is 82.9 Å². The van der Waals surface area contributed by atoms with Crippen LogP contribution in [0.1, 0.15) is 16.7 Å². The quantitative estimate of drug-likeness (QED) is 0.605. The van der Waals surface area contributed by atoms with Gasteiger partial charge in [0.1, 0.15) is 12.4 Å². The molecule has 0 aliphatic heterocycles. The van der Waals surface area contributed by atoms with Crippen molar-refractivity contribution in [3.63, 3.8) is 0 Å². The van der Waals surface area contributed by atoms with Crippen LogP contribution < -0.4 is 20.9 Å². The highest BCUT2D eigenvalue weighted by atomic mass is 16.5. The summed E-state index contributed by atoms with van der Waals surface area (Å²) in [6.07, 6.45) is 3.91. The summed E-state index contributed by atoms with van der Waals surface area (Å²) in [5.74, 6) is 1.75. The summed E-state index contributed by atoms with van der Waals surface area (Å²) in [6, 6.07) is 13.6. The molecule has 2 rings (SSSR count). The normalized spacial score (nSPS) is 11.7. The van der Waals surface area contributed by atoms with Crippen LogP contribution in [-0.2, 0) is 6.61 Å². The van der Waals surface area contributed by atoms with Crippen LogP contribution >= 0.6 is 0 Å². The Morgan fingerprint density at radius 1 is 1.12 bits per heavy atom. The fourth-order valence-corrected chi connectivity index (χ4v) is 2.17. The van der Waals surface area contributed by atoms with Crippen LogP contribution in [0.3, 0.4) is 0 Å². The smallest absolute Gasteiger partial charge is 0.162 e. The molecule has 0 aliphatic carbocycles. The van der Waals surface area contributed by atoms with Crippen LogP contribution in [-0.4, -0.2) is 26.5 Å². The monoisotopic (exact) mass is 325 g/mol. The second-order valence-electron chi connectivity index (χ2n) is 5.14. The van der Waals surface area contributed by atoms with Gasteiger partial charge in [0.05, 0.1) is 7.11 Å². The van der Waals surface area contributed by atoms with E-state index < -0.39 is 0 Å². The minimum absolute atomic E-state index is 0.434. The molecule has 0 saturated heterocycles. The summed E-state index contributed by atoms with van der Waals surface area (Å²) >= 11 is 0. The van der Waals surface area contributed by atoms with Crippen molar-refractivity contribution in [3.05, 3.63) is 65.2 Å². The molecule has 0 unspecified atom stereocenters. The summed E-state index contributed by atoms with van der Waals surface area (Å²) in [4.78, 5) is 3.99. The van der Waals surface area contributed by atoms with Crippen LogP contribution in [0.5, 0.6) is 11.5 Å². The Hall–Kier alpha value is -2.79. The number of hydrogen-bond donors (Lipinski definition) is 2. The fraction of sp³-hybridized carbons (Fsp3) is 0.211. The second-order valence-corrected chi connectivity index (χ2v) is 5.14. The lowest BCUT2D eigenvalue weighted by Crippen LogP contribution is -2.13. The highest BCUT2D eigenvalue weighted by molar-refractivity contribution is 5.97. The first-order valence-electron chi connectivity index (χ1n) is 7.67. The lowest BCUT2D eigenvalue weighted by molar-refractivity contribution is 0.284. The van der Waals surface area contributed by atoms with Gasteiger partial charge in [-0.25, -0.2) is 0 Å². The van der Waals surface area contributed by atoms with E-state index in [1.165, 1.54) is 0 Å². The van der Waals surface area contributed by atoms with E-state index in [9.17, 15) is 0 Å². The van der Waals surface area contributed by atoms with E-state index in [4.69, 9.17) is 20.9 Å². The second kappa shape index (κ2) is 8.74. The van der Waals surface area contributed by atoms with Gasteiger partial charge in [-0.1, -0.05) is 36.4 Å². The highest BCUT2D eigenvalue weighted by Gasteiger charge is 2.08. The molecule has 5 nitrogen and oxygen atoms in total. The number of methoxy groups -OCH3 is 1. The Bertz CT molecular complexity index is 722. The number of benzene rings is 2. The zero-order chi connectivity index (χ0) is 17.4. The predicted molar refractivity (Wildman–Crippen MR) is 98.5 cm³/mol. The first kappa shape index (κ1) is 17.6. The molecule has 0 spiro atoms. The largest absolute Gasteiger partial charge is 0.493 e. The van der Waals surface area contributed by atoms with Gasteiger partial charge in [-0.3, -0.25) is 4.99 Å². The van der Waals surface area contributed by atoms with Crippen molar-refractivity contribution < 1.29 is 9.47 Å². The van der Waals surface area contributed by atoms with E-state index in [2.05, 4.69) is 4.99 Å². The molecule has 0 heterocycles. The Labute approximate surface area is 142 Å². The Balaban J connectivity index is 2.11. The average molecular weight is 325 g/mol. The van der Waals surface area contributed by atoms with Gasteiger partial charge < -0.3 is 20.9 Å². The zero-order valence-electron chi connectivity index (χ0n) is 14.0. The molecule has 2 aromatic carbocycles. The Kier molecular flexibility index (Phi) is 6.40. The summed E-state index contributed by atoms with van der Waals surface area (Å²) in [6.45, 7) is 0.967. The van der Waals surface area contributed by atoms with Crippen molar-refractivity contribution in [2.24, 2.45) is 16.5 Å². The van der Waals surface area contributed by atoms with E-state index in [0.29, 0.717) is 30.5 Å². The molecule has 2 aromatic rings. The van der Waals surface area contributed by atoms with Crippen molar-refractivity contribution in [2.75, 3.05) is 20.7 Å². The van der Waals surface area contributed by atoms with Crippen molar-refractivity contribution in [3.8, 4) is 11.5 Å². The van der Waals surface area contributed by atoms with Crippen LogP contribution in [0.2, 0.25) is 0 Å². The molecule has 24 heavy (non-hydrogen) atoms. The van der Waals surface area contributed by atoms with Crippen molar-refractivity contribution in [1.29, 1.82) is 0 Å². The first-order valence-corrected chi connectivity index (χ1v) is 7.67. The lowest BCUT2D eigenvalue weighted by atomic mass is 10.1. The number of hydrogen-bond acceptors (Lipinski definition) is 4. The van der Waals surface area contributed by atoms with Crippen molar-refractivity contribution >= 4 is 11.9 Å². The standard InChI is InChI=1S/C19H23N3O2/c1-22-19(21)16-9-10-17(23-2)18(12-16)24-13-15-7-5-14(6-8-15)4-3-11-20/h3-10,12H,11,13,20H2,1-2H3,(H2,21,22). The molecule has 0 bridgehead atoms. The van der Waals surface area contributed by atoms with Crippen LogP contribution in [0.4, 0.5) is 0 Å². The van der Waals surface area contributed by atoms with Gasteiger partial charge in [0.25, 0.3) is 0 Å². The molecule has 0 aliphatic rings. The third kappa shape index (κ3) is 4.60. The molecule has 4 N–H and O–H groups in total. The maximum Gasteiger partial charge on any atom is 0.162 e. The van der Waals surface area contributed by atoms with E-state index in [1.54, 1.807) is 14.2 Å². The Morgan fingerprint density at radius 3 is 2.50 bits per heavy atom. The maximum absolute atomic E-state index is 5.90. The van der Waals surface area contributed by atoms with Crippen LogP contribution in [0.15, 0.2) is 53.5 Å². The number of nitrogens with zero attached hydrogens (tertiary/aromatic N) is 1. The van der Waals surface area contributed by atoms with Crippen LogP contribution in [0, 0.1) is 0 Å². The summed E-state index contributed by atoms with van der Waals surface area (Å²) in [5, 5.41) is 0. The molecular formula is C19H23N3O2. The Morgan fingerprint density at radius 2 is 1.88 bits per heavy atom. The van der Waals surface area contributed by atoms with E-state index in [0.717, 1.165) is 16.7 Å². The van der Waals surface area contributed by atoms with Gasteiger partial charge in [0.2, 0.25) is 0 Å². The van der Waals surface area contributed by atoms with Gasteiger partial charge in [0, 0.05) is 19.2 Å². The van der Waals surface area contributed by atoms with Gasteiger partial charge in [0.15, 0.2) is 11.5 Å². The van der Waals surface area contributed by atoms with Crippen molar-refractivity contribution in [1.82, 2.24) is 0 Å². The summed E-state index contributed by atoms with van der Waals surface area (Å²) in [5.41, 5.74) is 14.3. The van der Waals surface area contributed by atoms with Gasteiger partial charge in [-0.2, -0.15) is 0 Å². The third-order valence-corrected chi connectivity index (χ3v) is 3.52. The van der Waals surface area contributed by atoms with E-state index in [-0.39, 0.29) is 0 Å². The molecule has 0 saturated carbocycles. The molecule has 0 radical (unpaired) electrons. The highest BCUT2D eigenvalue weighted by Crippen LogP contribution is 2.28. The third-order valence-electron chi connectivity index (χ3n) is 3.52. The molecule has 0 atom stereocenters. The molecule has 0 fully saturated rings. The molecule has 0 amide bonds. The van der Waals surface area contributed by atoms with Gasteiger partial charge in [-0.05, 0) is 29.3 Å². The minimum Gasteiger partial charge on any atom is -0.493 e. The fourth-order valence-electron chi connectivity index (χ4n) is 2.17. The molecular weight excluding hydrogens is 302 g/mol. The van der Waals surface area contributed by atoms with Crippen molar-refractivity contribution in [2.45, 2.75) is 6.61 Å². The molecule has 5 heteroatoms. The van der Waals surface area contributed by atoms with E-state index in [1.807, 2.05) is 54.6 Å². The number of amidine groups is 1. The van der Waals surface area contributed by atoms with Gasteiger partial charge >= 0.3 is 0 Å². The maximum atomic E-state index is 5.90. The number of ether oxygens (including phenoxy) is 2. The first-order chi connectivity index (χ1) is 11.7. The SMILES string of the molecule is CN=C(N)c1ccc(OC)c(OCc2ccc(C=CCN)cc2)c1. The summed E-state index contributed by atoms with van der Waals surface area (Å²) < 4.78 is 11.2. The predicted octanol–water partition coefficient (Wildman–Crippen LogP) is 2.58.